The molecule has 3 rings (SSSR count). The minimum absolute atomic E-state index is 0.0646. The lowest BCUT2D eigenvalue weighted by molar-refractivity contribution is -0.142. The van der Waals surface area contributed by atoms with Crippen LogP contribution in [0.4, 0.5) is 5.82 Å². The van der Waals surface area contributed by atoms with Crippen molar-refractivity contribution in [1.82, 2.24) is 20.1 Å². The molecule has 0 aliphatic carbocycles. The summed E-state index contributed by atoms with van der Waals surface area (Å²) in [4.78, 5) is 28.8. The number of carbonyl (C=O) groups excluding carboxylic acids is 2. The Bertz CT molecular complexity index is 1040. The molecule has 2 aromatic heterocycles. The molecule has 33 heavy (non-hydrogen) atoms. The van der Waals surface area contributed by atoms with E-state index in [4.69, 9.17) is 16.3 Å². The van der Waals surface area contributed by atoms with E-state index in [0.717, 1.165) is 11.1 Å². The number of halogens is 1. The van der Waals surface area contributed by atoms with Gasteiger partial charge in [0.15, 0.2) is 0 Å². The number of aromatic nitrogens is 3. The van der Waals surface area contributed by atoms with E-state index in [1.807, 2.05) is 44.2 Å². The van der Waals surface area contributed by atoms with E-state index in [1.54, 1.807) is 43.0 Å². The Balaban J connectivity index is 0.00000187. The maximum Gasteiger partial charge on any atom is 0.319 e. The van der Waals surface area contributed by atoms with Crippen LogP contribution in [0.15, 0.2) is 54.7 Å². The molecular formula is C24H30ClN5O3. The van der Waals surface area contributed by atoms with Crippen LogP contribution in [-0.2, 0) is 27.8 Å². The van der Waals surface area contributed by atoms with Gasteiger partial charge in [-0.3, -0.25) is 19.6 Å². The quantitative estimate of drug-likeness (QED) is 0.363. The lowest BCUT2D eigenvalue weighted by Gasteiger charge is -2.18. The Morgan fingerprint density at radius 2 is 1.88 bits per heavy atom. The fourth-order valence-corrected chi connectivity index (χ4v) is 3.20. The second-order valence-corrected chi connectivity index (χ2v) is 7.21. The molecular weight excluding hydrogens is 442 g/mol. The van der Waals surface area contributed by atoms with E-state index >= 15 is 0 Å². The minimum atomic E-state index is -0.638. The summed E-state index contributed by atoms with van der Waals surface area (Å²) in [7, 11) is 1.74. The third-order valence-corrected chi connectivity index (χ3v) is 4.76. The number of carbonyl (C=O) groups is 2. The number of rotatable bonds is 9. The fourth-order valence-electron chi connectivity index (χ4n) is 3.03. The summed E-state index contributed by atoms with van der Waals surface area (Å²) < 4.78 is 6.53. The van der Waals surface area contributed by atoms with Crippen LogP contribution < -0.4 is 10.6 Å². The zero-order valence-electron chi connectivity index (χ0n) is 19.3. The average molecular weight is 472 g/mol. The van der Waals surface area contributed by atoms with E-state index in [-0.39, 0.29) is 19.1 Å². The van der Waals surface area contributed by atoms with Crippen LogP contribution in [0.2, 0.25) is 5.15 Å². The van der Waals surface area contributed by atoms with Gasteiger partial charge in [-0.25, -0.2) is 4.98 Å². The third-order valence-electron chi connectivity index (χ3n) is 4.55. The van der Waals surface area contributed by atoms with Crippen molar-refractivity contribution in [3.63, 3.8) is 0 Å². The Morgan fingerprint density at radius 1 is 1.15 bits per heavy atom. The van der Waals surface area contributed by atoms with Crippen LogP contribution in [-0.4, -0.2) is 45.8 Å². The Kier molecular flexibility index (Phi) is 10.5. The average Bonchev–Trinajstić information content (AvgIpc) is 3.19. The van der Waals surface area contributed by atoms with E-state index in [2.05, 4.69) is 20.7 Å². The zero-order chi connectivity index (χ0) is 24.2. The molecule has 176 valence electrons. The SMILES string of the molecule is CC.CCOC(=O)CNC(Cc1ccccc1)C(=O)Nc1cc(-c2ccnc(Cl)c2)nn1C. The highest BCUT2D eigenvalue weighted by Gasteiger charge is 2.21. The predicted octanol–water partition coefficient (Wildman–Crippen LogP) is 3.86. The first kappa shape index (κ1) is 26.0. The van der Waals surface area contributed by atoms with Crippen molar-refractivity contribution in [2.45, 2.75) is 33.2 Å². The second kappa shape index (κ2) is 13.3. The molecule has 3 aromatic rings. The fraction of sp³-hybridized carbons (Fsp3) is 0.333. The second-order valence-electron chi connectivity index (χ2n) is 6.82. The van der Waals surface area contributed by atoms with Gasteiger partial charge < -0.3 is 10.1 Å². The van der Waals surface area contributed by atoms with Crippen LogP contribution in [0.5, 0.6) is 0 Å². The number of hydrogen-bond donors (Lipinski definition) is 2. The summed E-state index contributed by atoms with van der Waals surface area (Å²) >= 11 is 5.97. The van der Waals surface area contributed by atoms with Crippen molar-refractivity contribution in [3.8, 4) is 11.3 Å². The van der Waals surface area contributed by atoms with Crippen LogP contribution >= 0.6 is 11.6 Å². The van der Waals surface area contributed by atoms with E-state index in [1.165, 1.54) is 0 Å². The molecule has 9 heteroatoms. The van der Waals surface area contributed by atoms with Crippen molar-refractivity contribution >= 4 is 29.3 Å². The summed E-state index contributed by atoms with van der Waals surface area (Å²) in [6.07, 6.45) is 2.01. The van der Waals surface area contributed by atoms with Gasteiger partial charge in [-0.2, -0.15) is 5.10 Å². The first-order valence-electron chi connectivity index (χ1n) is 10.9. The van der Waals surface area contributed by atoms with Crippen LogP contribution in [0.3, 0.4) is 0 Å². The normalized spacial score (nSPS) is 11.2. The van der Waals surface area contributed by atoms with Crippen molar-refractivity contribution in [2.24, 2.45) is 7.05 Å². The molecule has 0 aliphatic rings. The Labute approximate surface area is 199 Å². The molecule has 0 radical (unpaired) electrons. The first-order valence-corrected chi connectivity index (χ1v) is 11.2. The molecule has 0 spiro atoms. The topological polar surface area (TPSA) is 98.1 Å². The lowest BCUT2D eigenvalue weighted by atomic mass is 10.1. The number of pyridine rings is 1. The highest BCUT2D eigenvalue weighted by Crippen LogP contribution is 2.23. The first-order chi connectivity index (χ1) is 16.0. The highest BCUT2D eigenvalue weighted by molar-refractivity contribution is 6.29. The predicted molar refractivity (Wildman–Crippen MR) is 130 cm³/mol. The molecule has 0 fully saturated rings. The number of hydrogen-bond acceptors (Lipinski definition) is 6. The van der Waals surface area contributed by atoms with Crippen LogP contribution in [0.1, 0.15) is 26.3 Å². The Hall–Kier alpha value is -3.23. The molecule has 0 aliphatic heterocycles. The smallest absolute Gasteiger partial charge is 0.319 e. The van der Waals surface area contributed by atoms with Gasteiger partial charge in [0.25, 0.3) is 0 Å². The molecule has 2 heterocycles. The van der Waals surface area contributed by atoms with Gasteiger partial charge in [0.1, 0.15) is 11.0 Å². The number of nitrogens with zero attached hydrogens (tertiary/aromatic N) is 3. The molecule has 0 saturated heterocycles. The summed E-state index contributed by atoms with van der Waals surface area (Å²) in [6, 6.07) is 14.2. The number of benzene rings is 1. The molecule has 8 nitrogen and oxygen atoms in total. The number of ether oxygens (including phenoxy) is 1. The summed E-state index contributed by atoms with van der Waals surface area (Å²) in [5.74, 6) is -0.176. The molecule has 1 atom stereocenters. The van der Waals surface area contributed by atoms with Gasteiger partial charge >= 0.3 is 5.97 Å². The van der Waals surface area contributed by atoms with Crippen molar-refractivity contribution < 1.29 is 14.3 Å². The van der Waals surface area contributed by atoms with Gasteiger partial charge in [0.2, 0.25) is 5.91 Å². The largest absolute Gasteiger partial charge is 0.465 e. The summed E-state index contributed by atoms with van der Waals surface area (Å²) in [5, 5.41) is 10.7. The van der Waals surface area contributed by atoms with E-state index in [0.29, 0.717) is 23.1 Å². The molecule has 0 saturated carbocycles. The van der Waals surface area contributed by atoms with E-state index in [9.17, 15) is 9.59 Å². The standard InChI is InChI=1S/C22H24ClN5O3.C2H6/c1-3-31-21(29)14-25-18(11-15-7-5-4-6-8-15)22(30)26-20-13-17(27-28(20)2)16-9-10-24-19(23)12-16;1-2/h4-10,12-13,18,25H,3,11,14H2,1-2H3,(H,26,30);1-2H3. The van der Waals surface area contributed by atoms with E-state index < -0.39 is 12.0 Å². The van der Waals surface area contributed by atoms with Crippen molar-refractivity contribution in [1.29, 1.82) is 0 Å². The van der Waals surface area contributed by atoms with Crippen LogP contribution in [0, 0.1) is 0 Å². The number of esters is 1. The lowest BCUT2D eigenvalue weighted by Crippen LogP contribution is -2.44. The van der Waals surface area contributed by atoms with Crippen molar-refractivity contribution in [3.05, 3.63) is 65.4 Å². The highest BCUT2D eigenvalue weighted by atomic mass is 35.5. The maximum absolute atomic E-state index is 13.0. The monoisotopic (exact) mass is 471 g/mol. The Morgan fingerprint density at radius 3 is 2.55 bits per heavy atom. The number of aryl methyl sites for hydroxylation is 1. The summed E-state index contributed by atoms with van der Waals surface area (Å²) in [5.41, 5.74) is 2.41. The van der Waals surface area contributed by atoms with Gasteiger partial charge in [-0.15, -0.1) is 0 Å². The molecule has 2 N–H and O–H groups in total. The minimum Gasteiger partial charge on any atom is -0.465 e. The molecule has 1 unspecified atom stereocenters. The molecule has 0 bridgehead atoms. The van der Waals surface area contributed by atoms with Gasteiger partial charge in [-0.1, -0.05) is 55.8 Å². The van der Waals surface area contributed by atoms with Crippen LogP contribution in [0.25, 0.3) is 11.3 Å². The van der Waals surface area contributed by atoms with Crippen molar-refractivity contribution in [2.75, 3.05) is 18.5 Å². The third kappa shape index (κ3) is 8.00. The number of anilines is 1. The zero-order valence-corrected chi connectivity index (χ0v) is 20.1. The summed E-state index contributed by atoms with van der Waals surface area (Å²) in [6.45, 7) is 5.96. The molecule has 1 aromatic carbocycles. The van der Waals surface area contributed by atoms with Gasteiger partial charge in [-0.05, 0) is 31.0 Å². The van der Waals surface area contributed by atoms with Gasteiger partial charge in [0, 0.05) is 24.9 Å². The number of nitrogens with one attached hydrogen (secondary N) is 2. The maximum atomic E-state index is 13.0. The van der Waals surface area contributed by atoms with Gasteiger partial charge in [0.05, 0.1) is 24.9 Å². The molecule has 1 amide bonds. The number of amides is 1.